The number of benzene rings is 1. The molecule has 0 bridgehead atoms. The summed E-state index contributed by atoms with van der Waals surface area (Å²) in [6, 6.07) is 7.67. The van der Waals surface area contributed by atoms with Gasteiger partial charge in [0, 0.05) is 11.8 Å². The Kier molecular flexibility index (Phi) is 4.63. The summed E-state index contributed by atoms with van der Waals surface area (Å²) in [4.78, 5) is 14.9. The van der Waals surface area contributed by atoms with Crippen molar-refractivity contribution in [1.29, 1.82) is 0 Å². The molecule has 0 aliphatic rings. The Morgan fingerprint density at radius 1 is 1.40 bits per heavy atom. The van der Waals surface area contributed by atoms with Gasteiger partial charge >= 0.3 is 5.97 Å². The number of carboxylic acids is 1. The van der Waals surface area contributed by atoms with E-state index < -0.39 is 5.97 Å². The zero-order valence-electron chi connectivity index (χ0n) is 11.3. The molecule has 1 heterocycles. The Bertz CT molecular complexity index is 627. The van der Waals surface area contributed by atoms with Crippen LogP contribution in [-0.2, 0) is 10.5 Å². The first-order chi connectivity index (χ1) is 9.56. The molecule has 0 radical (unpaired) electrons. The number of carbonyl (C=O) groups is 1. The summed E-state index contributed by atoms with van der Waals surface area (Å²) < 4.78 is 5.51. The molecule has 0 atom stereocenters. The average Bonchev–Trinajstić information content (AvgIpc) is 2.74. The summed E-state index contributed by atoms with van der Waals surface area (Å²) in [6.07, 6.45) is 2.74. The van der Waals surface area contributed by atoms with Gasteiger partial charge in [0.1, 0.15) is 5.76 Å². The van der Waals surface area contributed by atoms with Crippen molar-refractivity contribution in [3.8, 4) is 0 Å². The number of oxazole rings is 1. The van der Waals surface area contributed by atoms with E-state index in [1.165, 1.54) is 11.8 Å². The summed E-state index contributed by atoms with van der Waals surface area (Å²) in [5.41, 5.74) is 2.83. The van der Waals surface area contributed by atoms with E-state index in [0.717, 1.165) is 28.7 Å². The molecule has 0 saturated heterocycles. The van der Waals surface area contributed by atoms with Crippen LogP contribution in [-0.4, -0.2) is 16.1 Å². The van der Waals surface area contributed by atoms with Gasteiger partial charge in [0.15, 0.2) is 0 Å². The summed E-state index contributed by atoms with van der Waals surface area (Å²) in [5, 5.41) is 9.33. The van der Waals surface area contributed by atoms with Gasteiger partial charge in [-0.2, -0.15) is 0 Å². The van der Waals surface area contributed by atoms with Gasteiger partial charge < -0.3 is 9.52 Å². The van der Waals surface area contributed by atoms with Crippen molar-refractivity contribution in [2.24, 2.45) is 0 Å². The number of rotatable bonds is 5. The van der Waals surface area contributed by atoms with Crippen molar-refractivity contribution in [1.82, 2.24) is 4.98 Å². The normalized spacial score (nSPS) is 11.1. The first-order valence-electron chi connectivity index (χ1n) is 6.12. The molecule has 0 aliphatic heterocycles. The zero-order valence-corrected chi connectivity index (χ0v) is 12.1. The van der Waals surface area contributed by atoms with E-state index in [9.17, 15) is 4.79 Å². The van der Waals surface area contributed by atoms with Crippen molar-refractivity contribution in [3.05, 3.63) is 52.9 Å². The highest BCUT2D eigenvalue weighted by molar-refractivity contribution is 7.98. The van der Waals surface area contributed by atoms with Crippen LogP contribution >= 0.6 is 11.8 Å². The van der Waals surface area contributed by atoms with Crippen LogP contribution in [0.1, 0.15) is 22.6 Å². The minimum atomic E-state index is -0.952. The second-order valence-corrected chi connectivity index (χ2v) is 5.21. The molecule has 104 valence electrons. The number of aromatic nitrogens is 1. The number of hydrogen-bond acceptors (Lipinski definition) is 4. The lowest BCUT2D eigenvalue weighted by molar-refractivity contribution is -0.131. The standard InChI is InChI=1S/C15H15NO3S/c1-10-11(2)19-15(16-10)20-9-13-6-4-3-5-12(13)7-8-14(17)18/h3-8H,9H2,1-2H3,(H,17,18)/b8-7+. The number of aryl methyl sites for hydroxylation is 2. The van der Waals surface area contributed by atoms with Crippen molar-refractivity contribution in [2.45, 2.75) is 24.8 Å². The van der Waals surface area contributed by atoms with Crippen LogP contribution < -0.4 is 0 Å². The third-order valence-corrected chi connectivity index (χ3v) is 3.70. The lowest BCUT2D eigenvalue weighted by atomic mass is 10.1. The van der Waals surface area contributed by atoms with E-state index in [-0.39, 0.29) is 0 Å². The number of carboxylic acid groups (broad SMARTS) is 1. The monoisotopic (exact) mass is 289 g/mol. The quantitative estimate of drug-likeness (QED) is 0.672. The SMILES string of the molecule is Cc1nc(SCc2ccccc2/C=C/C(=O)O)oc1C. The summed E-state index contributed by atoms with van der Waals surface area (Å²) in [6.45, 7) is 3.79. The summed E-state index contributed by atoms with van der Waals surface area (Å²) in [7, 11) is 0. The Labute approximate surface area is 121 Å². The van der Waals surface area contributed by atoms with Crippen molar-refractivity contribution < 1.29 is 14.3 Å². The molecule has 20 heavy (non-hydrogen) atoms. The second-order valence-electron chi connectivity index (χ2n) is 4.28. The van der Waals surface area contributed by atoms with Crippen LogP contribution in [0.4, 0.5) is 0 Å². The van der Waals surface area contributed by atoms with Crippen LogP contribution in [0, 0.1) is 13.8 Å². The van der Waals surface area contributed by atoms with Crippen molar-refractivity contribution in [2.75, 3.05) is 0 Å². The maximum atomic E-state index is 10.6. The zero-order chi connectivity index (χ0) is 14.5. The molecule has 0 unspecified atom stereocenters. The highest BCUT2D eigenvalue weighted by Crippen LogP contribution is 2.25. The summed E-state index contributed by atoms with van der Waals surface area (Å²) >= 11 is 1.50. The fourth-order valence-corrected chi connectivity index (χ4v) is 2.56. The van der Waals surface area contributed by atoms with Gasteiger partial charge in [-0.1, -0.05) is 36.0 Å². The molecular formula is C15H15NO3S. The van der Waals surface area contributed by atoms with Crippen molar-refractivity contribution >= 4 is 23.8 Å². The van der Waals surface area contributed by atoms with Crippen LogP contribution in [0.3, 0.4) is 0 Å². The maximum absolute atomic E-state index is 10.6. The van der Waals surface area contributed by atoms with Gasteiger partial charge in [0.25, 0.3) is 5.22 Å². The van der Waals surface area contributed by atoms with Gasteiger partial charge in [-0.05, 0) is 31.1 Å². The number of hydrogen-bond donors (Lipinski definition) is 1. The van der Waals surface area contributed by atoms with Crippen LogP contribution in [0.25, 0.3) is 6.08 Å². The smallest absolute Gasteiger partial charge is 0.328 e. The highest BCUT2D eigenvalue weighted by Gasteiger charge is 2.07. The molecule has 0 saturated carbocycles. The largest absolute Gasteiger partial charge is 0.478 e. The van der Waals surface area contributed by atoms with Gasteiger partial charge in [-0.3, -0.25) is 0 Å². The minimum Gasteiger partial charge on any atom is -0.478 e. The first kappa shape index (κ1) is 14.4. The molecule has 0 fully saturated rings. The van der Waals surface area contributed by atoms with Crippen LogP contribution in [0.15, 0.2) is 40.0 Å². The third kappa shape index (κ3) is 3.74. The Balaban J connectivity index is 2.11. The van der Waals surface area contributed by atoms with E-state index in [1.54, 1.807) is 6.08 Å². The molecule has 1 aromatic heterocycles. The lowest BCUT2D eigenvalue weighted by Crippen LogP contribution is -1.89. The van der Waals surface area contributed by atoms with Crippen LogP contribution in [0.5, 0.6) is 0 Å². The molecule has 2 rings (SSSR count). The van der Waals surface area contributed by atoms with Gasteiger partial charge in [-0.25, -0.2) is 9.78 Å². The van der Waals surface area contributed by atoms with Crippen molar-refractivity contribution in [3.63, 3.8) is 0 Å². The van der Waals surface area contributed by atoms with E-state index >= 15 is 0 Å². The molecule has 4 nitrogen and oxygen atoms in total. The first-order valence-corrected chi connectivity index (χ1v) is 7.10. The lowest BCUT2D eigenvalue weighted by Gasteiger charge is -2.03. The molecule has 0 amide bonds. The fraction of sp³-hybridized carbons (Fsp3) is 0.200. The van der Waals surface area contributed by atoms with E-state index in [0.29, 0.717) is 11.0 Å². The van der Waals surface area contributed by atoms with Gasteiger partial charge in [-0.15, -0.1) is 0 Å². The number of thioether (sulfide) groups is 1. The third-order valence-electron chi connectivity index (χ3n) is 2.82. The molecule has 0 aliphatic carbocycles. The Hall–Kier alpha value is -2.01. The molecule has 1 N–H and O–H groups in total. The molecule has 5 heteroatoms. The number of nitrogens with zero attached hydrogens (tertiary/aromatic N) is 1. The van der Waals surface area contributed by atoms with E-state index in [4.69, 9.17) is 9.52 Å². The molecule has 2 aromatic rings. The predicted octanol–water partition coefficient (Wildman–Crippen LogP) is 3.68. The molecular weight excluding hydrogens is 274 g/mol. The number of aliphatic carboxylic acids is 1. The van der Waals surface area contributed by atoms with E-state index in [1.807, 2.05) is 38.1 Å². The Morgan fingerprint density at radius 3 is 2.80 bits per heavy atom. The highest BCUT2D eigenvalue weighted by atomic mass is 32.2. The topological polar surface area (TPSA) is 63.3 Å². The van der Waals surface area contributed by atoms with E-state index in [2.05, 4.69) is 4.98 Å². The minimum absolute atomic E-state index is 0.636. The summed E-state index contributed by atoms with van der Waals surface area (Å²) in [5.74, 6) is 0.553. The average molecular weight is 289 g/mol. The second kappa shape index (κ2) is 6.43. The molecule has 0 spiro atoms. The maximum Gasteiger partial charge on any atom is 0.328 e. The van der Waals surface area contributed by atoms with Crippen LogP contribution in [0.2, 0.25) is 0 Å². The fourth-order valence-electron chi connectivity index (χ4n) is 1.63. The molecule has 1 aromatic carbocycles. The predicted molar refractivity (Wildman–Crippen MR) is 78.6 cm³/mol. The Morgan fingerprint density at radius 2 is 2.15 bits per heavy atom. The van der Waals surface area contributed by atoms with Gasteiger partial charge in [0.05, 0.1) is 5.69 Å². The van der Waals surface area contributed by atoms with Gasteiger partial charge in [0.2, 0.25) is 0 Å².